The summed E-state index contributed by atoms with van der Waals surface area (Å²) in [6, 6.07) is 12.6. The van der Waals surface area contributed by atoms with Gasteiger partial charge in [-0.1, -0.05) is 45.0 Å². The number of aromatic nitrogens is 1. The zero-order valence-electron chi connectivity index (χ0n) is 19.5. The van der Waals surface area contributed by atoms with Crippen molar-refractivity contribution in [1.29, 1.82) is 0 Å². The van der Waals surface area contributed by atoms with Crippen molar-refractivity contribution in [3.8, 4) is 11.1 Å². The van der Waals surface area contributed by atoms with Crippen molar-refractivity contribution >= 4 is 23.2 Å². The summed E-state index contributed by atoms with van der Waals surface area (Å²) in [7, 11) is 1.69. The lowest BCUT2D eigenvalue weighted by Gasteiger charge is -2.40. The van der Waals surface area contributed by atoms with E-state index in [2.05, 4.69) is 67.5 Å². The molecule has 2 N–H and O–H groups in total. The van der Waals surface area contributed by atoms with Gasteiger partial charge in [0.05, 0.1) is 5.92 Å². The molecule has 0 spiro atoms. The van der Waals surface area contributed by atoms with E-state index in [0.717, 1.165) is 27.1 Å². The van der Waals surface area contributed by atoms with Crippen LogP contribution in [0.4, 0.5) is 0 Å². The normalized spacial score (nSPS) is 21.6. The summed E-state index contributed by atoms with van der Waals surface area (Å²) in [5, 5.41) is 2.10. The molecule has 0 saturated carbocycles. The summed E-state index contributed by atoms with van der Waals surface area (Å²) in [4.78, 5) is 25.1. The lowest BCUT2D eigenvalue weighted by atomic mass is 9.76. The lowest BCUT2D eigenvalue weighted by Crippen LogP contribution is -2.52. The summed E-state index contributed by atoms with van der Waals surface area (Å²) < 4.78 is 0. The van der Waals surface area contributed by atoms with Gasteiger partial charge in [0.25, 0.3) is 0 Å². The largest absolute Gasteiger partial charge is 0.369 e. The van der Waals surface area contributed by atoms with Crippen LogP contribution in [-0.4, -0.2) is 28.8 Å². The monoisotopic (exact) mass is 446 g/mol. The van der Waals surface area contributed by atoms with E-state index in [-0.39, 0.29) is 17.3 Å². The quantitative estimate of drug-likeness (QED) is 0.601. The van der Waals surface area contributed by atoms with E-state index in [1.807, 2.05) is 26.2 Å². The van der Waals surface area contributed by atoms with Crippen molar-refractivity contribution in [2.24, 2.45) is 10.7 Å². The molecule has 1 aliphatic rings. The van der Waals surface area contributed by atoms with Crippen molar-refractivity contribution in [2.45, 2.75) is 51.5 Å². The van der Waals surface area contributed by atoms with Crippen molar-refractivity contribution in [2.75, 3.05) is 7.05 Å². The van der Waals surface area contributed by atoms with Crippen LogP contribution in [0, 0.1) is 6.92 Å². The predicted octanol–water partition coefficient (Wildman–Crippen LogP) is 5.20. The number of likely N-dealkylation sites (N-methyl/N-ethyl adjacent to an activating group) is 1. The van der Waals surface area contributed by atoms with Crippen molar-refractivity contribution in [3.63, 3.8) is 0 Å². The summed E-state index contributed by atoms with van der Waals surface area (Å²) in [6.45, 7) is 10.6. The number of guanidine groups is 1. The Balaban J connectivity index is 1.81. The van der Waals surface area contributed by atoms with Gasteiger partial charge in [-0.2, -0.15) is 0 Å². The lowest BCUT2D eigenvalue weighted by molar-refractivity contribution is -0.130. The Morgan fingerprint density at radius 1 is 1.09 bits per heavy atom. The highest BCUT2D eigenvalue weighted by molar-refractivity contribution is 7.10. The standard InChI is InChI=1S/C26H30N4OS/c1-16-11-18(14-28-13-16)19-12-21(32-15-19)26(5)22(23(31)30(6)24(27)29-26)17-7-9-20(10-8-17)25(2,3)4/h7-15,22H,1-6H3,(H2,27,29)/t22?,26-/m1/s1. The Labute approximate surface area is 194 Å². The Hall–Kier alpha value is -2.99. The number of pyridine rings is 1. The highest BCUT2D eigenvalue weighted by Gasteiger charge is 2.48. The van der Waals surface area contributed by atoms with Crippen LogP contribution < -0.4 is 5.73 Å². The zero-order valence-corrected chi connectivity index (χ0v) is 20.3. The molecule has 32 heavy (non-hydrogen) atoms. The van der Waals surface area contributed by atoms with Crippen molar-refractivity contribution < 1.29 is 4.79 Å². The van der Waals surface area contributed by atoms with Crippen LogP contribution in [0.1, 0.15) is 55.2 Å². The molecule has 166 valence electrons. The van der Waals surface area contributed by atoms with Crippen LogP contribution in [-0.2, 0) is 15.7 Å². The number of nitrogens with two attached hydrogens (primary N) is 1. The number of nitrogens with zero attached hydrogens (tertiary/aromatic N) is 3. The number of aryl methyl sites for hydroxylation is 1. The average molecular weight is 447 g/mol. The molecule has 1 aromatic carbocycles. The number of aliphatic imine (C=N–C) groups is 1. The van der Waals surface area contributed by atoms with Crippen LogP contribution in [0.3, 0.4) is 0 Å². The molecule has 3 aromatic rings. The van der Waals surface area contributed by atoms with Gasteiger partial charge in [-0.3, -0.25) is 14.7 Å². The second-order valence-electron chi connectivity index (χ2n) is 9.77. The smallest absolute Gasteiger partial charge is 0.239 e. The summed E-state index contributed by atoms with van der Waals surface area (Å²) in [5.41, 5.74) is 10.8. The summed E-state index contributed by atoms with van der Waals surface area (Å²) in [5.74, 6) is -0.265. The molecule has 3 heterocycles. The molecular weight excluding hydrogens is 416 g/mol. The van der Waals surface area contributed by atoms with Gasteiger partial charge in [-0.05, 0) is 59.0 Å². The predicted molar refractivity (Wildman–Crippen MR) is 132 cm³/mol. The molecule has 0 aliphatic carbocycles. The third-order valence-electron chi connectivity index (χ3n) is 6.25. The first-order valence-corrected chi connectivity index (χ1v) is 11.6. The van der Waals surface area contributed by atoms with Crippen LogP contribution >= 0.6 is 11.3 Å². The number of carbonyl (C=O) groups is 1. The Kier molecular flexibility index (Phi) is 5.45. The van der Waals surface area contributed by atoms with E-state index in [9.17, 15) is 4.79 Å². The molecule has 5 nitrogen and oxygen atoms in total. The van der Waals surface area contributed by atoms with E-state index < -0.39 is 11.5 Å². The van der Waals surface area contributed by atoms with E-state index in [1.54, 1.807) is 18.4 Å². The Morgan fingerprint density at radius 2 is 1.78 bits per heavy atom. The van der Waals surface area contributed by atoms with Crippen LogP contribution in [0.25, 0.3) is 11.1 Å². The molecule has 4 rings (SSSR count). The highest BCUT2D eigenvalue weighted by atomic mass is 32.1. The van der Waals surface area contributed by atoms with Crippen LogP contribution in [0.2, 0.25) is 0 Å². The molecule has 0 bridgehead atoms. The first-order chi connectivity index (χ1) is 15.0. The Bertz CT molecular complexity index is 1190. The maximum atomic E-state index is 13.5. The van der Waals surface area contributed by atoms with E-state index in [4.69, 9.17) is 10.7 Å². The SMILES string of the molecule is Cc1cncc(-c2csc([C@@]3(C)N=C(N)N(C)C(=O)C3c3ccc(C(C)(C)C)cc3)c2)c1. The fraction of sp³-hybridized carbons (Fsp3) is 0.346. The van der Waals surface area contributed by atoms with E-state index in [1.165, 1.54) is 10.5 Å². The average Bonchev–Trinajstić information content (AvgIpc) is 3.23. The van der Waals surface area contributed by atoms with Crippen LogP contribution in [0.15, 0.2) is 59.2 Å². The second-order valence-corrected chi connectivity index (χ2v) is 10.7. The molecule has 2 aromatic heterocycles. The molecule has 0 saturated heterocycles. The molecule has 1 aliphatic heterocycles. The van der Waals surface area contributed by atoms with Gasteiger partial charge in [0, 0.05) is 29.9 Å². The fourth-order valence-electron chi connectivity index (χ4n) is 4.23. The maximum absolute atomic E-state index is 13.5. The van der Waals surface area contributed by atoms with E-state index >= 15 is 0 Å². The molecule has 0 fully saturated rings. The fourth-order valence-corrected chi connectivity index (χ4v) is 5.29. The minimum Gasteiger partial charge on any atom is -0.369 e. The molecule has 1 unspecified atom stereocenters. The van der Waals surface area contributed by atoms with Gasteiger partial charge < -0.3 is 5.73 Å². The molecule has 2 atom stereocenters. The van der Waals surface area contributed by atoms with Gasteiger partial charge in [0.1, 0.15) is 5.54 Å². The maximum Gasteiger partial charge on any atom is 0.239 e. The van der Waals surface area contributed by atoms with E-state index in [0.29, 0.717) is 0 Å². The number of benzene rings is 1. The first-order valence-electron chi connectivity index (χ1n) is 10.7. The topological polar surface area (TPSA) is 71.6 Å². The molecule has 0 radical (unpaired) electrons. The van der Waals surface area contributed by atoms with Gasteiger partial charge in [-0.25, -0.2) is 4.99 Å². The Morgan fingerprint density at radius 3 is 2.41 bits per heavy atom. The third-order valence-corrected chi connectivity index (χ3v) is 7.40. The number of thiophene rings is 1. The van der Waals surface area contributed by atoms with Crippen molar-refractivity contribution in [1.82, 2.24) is 9.88 Å². The number of rotatable bonds is 3. The number of amides is 1. The van der Waals surface area contributed by atoms with Gasteiger partial charge in [-0.15, -0.1) is 11.3 Å². The van der Waals surface area contributed by atoms with Crippen molar-refractivity contribution in [3.05, 3.63) is 75.7 Å². The van der Waals surface area contributed by atoms with Gasteiger partial charge >= 0.3 is 0 Å². The zero-order chi connectivity index (χ0) is 23.3. The molecule has 1 amide bonds. The third kappa shape index (κ3) is 3.84. The highest BCUT2D eigenvalue weighted by Crippen LogP contribution is 2.47. The molecular formula is C26H30N4OS. The summed E-state index contributed by atoms with van der Waals surface area (Å²) in [6.07, 6.45) is 3.71. The first kappa shape index (κ1) is 22.2. The number of carbonyl (C=O) groups excluding carboxylic acids is 1. The van der Waals surface area contributed by atoms with Crippen LogP contribution in [0.5, 0.6) is 0 Å². The van der Waals surface area contributed by atoms with Gasteiger partial charge in [0.2, 0.25) is 5.91 Å². The minimum absolute atomic E-state index is 0.0439. The molecule has 6 heteroatoms. The summed E-state index contributed by atoms with van der Waals surface area (Å²) >= 11 is 1.61. The van der Waals surface area contributed by atoms with Gasteiger partial charge in [0.15, 0.2) is 5.96 Å². The minimum atomic E-state index is -0.795. The second kappa shape index (κ2) is 7.85. The number of hydrogen-bond donors (Lipinski definition) is 1. The number of hydrogen-bond acceptors (Lipinski definition) is 5.